The Balaban J connectivity index is 2.21. The second-order valence-electron chi connectivity index (χ2n) is 4.18. The average molecular weight is 319 g/mol. The lowest BCUT2D eigenvalue weighted by atomic mass is 10.2. The molecule has 0 aliphatic heterocycles. The highest BCUT2D eigenvalue weighted by Crippen LogP contribution is 2.36. The molecule has 3 N–H and O–H groups in total. The van der Waals surface area contributed by atoms with Gasteiger partial charge in [0.2, 0.25) is 5.75 Å². The molecule has 0 aliphatic carbocycles. The number of carbonyl (C=O) groups excluding carboxylic acids is 1. The first kappa shape index (κ1) is 15.7. The molecule has 7 heteroatoms. The smallest absolute Gasteiger partial charge is 0.339 e. The van der Waals surface area contributed by atoms with Crippen LogP contribution in [0.15, 0.2) is 45.7 Å². The fourth-order valence-corrected chi connectivity index (χ4v) is 2.32. The number of benzene rings is 2. The van der Waals surface area contributed by atoms with Crippen molar-refractivity contribution in [3.05, 3.63) is 47.5 Å². The Labute approximate surface area is 130 Å². The Hall–Kier alpha value is -2.67. The molecule has 0 spiro atoms. The molecule has 0 unspecified atom stereocenters. The van der Waals surface area contributed by atoms with Gasteiger partial charge in [-0.2, -0.15) is 0 Å². The predicted octanol–water partition coefficient (Wildman–Crippen LogP) is 2.72. The summed E-state index contributed by atoms with van der Waals surface area (Å²) < 4.78 is 8.74. The monoisotopic (exact) mass is 319 g/mol. The zero-order valence-electron chi connectivity index (χ0n) is 11.6. The Morgan fingerprint density at radius 1 is 1.14 bits per heavy atom. The van der Waals surface area contributed by atoms with Gasteiger partial charge in [0, 0.05) is 28.6 Å². The molecule has 0 radical (unpaired) electrons. The number of aromatic hydroxyl groups is 3. The molecule has 0 aromatic heterocycles. The number of nitrogens with zero attached hydrogens (tertiary/aromatic N) is 1. The Morgan fingerprint density at radius 3 is 2.59 bits per heavy atom. The van der Waals surface area contributed by atoms with Crippen molar-refractivity contribution in [1.29, 1.82) is 0 Å². The number of rotatable bonds is 4. The lowest BCUT2D eigenvalue weighted by Gasteiger charge is -2.05. The number of phenolic OH excluding ortho intramolecular Hbond substituents is 3. The van der Waals surface area contributed by atoms with E-state index in [0.717, 1.165) is 11.9 Å². The van der Waals surface area contributed by atoms with Crippen LogP contribution in [0.1, 0.15) is 15.9 Å². The fourth-order valence-electron chi connectivity index (χ4n) is 1.65. The number of hydrogen-bond acceptors (Lipinski definition) is 7. The maximum atomic E-state index is 11.6. The summed E-state index contributed by atoms with van der Waals surface area (Å²) in [6.07, 6.45) is 1.31. The highest BCUT2D eigenvalue weighted by atomic mass is 32.2. The summed E-state index contributed by atoms with van der Waals surface area (Å²) in [5.74, 6) is -1.96. The molecule has 22 heavy (non-hydrogen) atoms. The van der Waals surface area contributed by atoms with E-state index >= 15 is 0 Å². The third-order valence-electron chi connectivity index (χ3n) is 2.80. The molecule has 0 saturated heterocycles. The van der Waals surface area contributed by atoms with E-state index in [4.69, 9.17) is 0 Å². The van der Waals surface area contributed by atoms with Gasteiger partial charge in [-0.3, -0.25) is 0 Å². The van der Waals surface area contributed by atoms with Gasteiger partial charge in [-0.25, -0.2) is 9.19 Å². The molecule has 2 rings (SSSR count). The number of phenols is 3. The van der Waals surface area contributed by atoms with Gasteiger partial charge < -0.3 is 20.1 Å². The molecule has 0 atom stereocenters. The molecule has 0 aliphatic rings. The van der Waals surface area contributed by atoms with E-state index < -0.39 is 23.2 Å². The first-order valence-corrected chi connectivity index (χ1v) is 6.93. The topological polar surface area (TPSA) is 99.4 Å². The highest BCUT2D eigenvalue weighted by Gasteiger charge is 2.12. The Morgan fingerprint density at radius 2 is 1.86 bits per heavy atom. The predicted molar refractivity (Wildman–Crippen MR) is 82.7 cm³/mol. The molecule has 0 bridgehead atoms. The molecule has 0 fully saturated rings. The minimum absolute atomic E-state index is 0.235. The van der Waals surface area contributed by atoms with Crippen molar-refractivity contribution in [3.8, 4) is 17.2 Å². The number of carbonyl (C=O) groups is 1. The summed E-state index contributed by atoms with van der Waals surface area (Å²) in [4.78, 5) is 12.2. The van der Waals surface area contributed by atoms with Crippen LogP contribution in [-0.2, 0) is 4.74 Å². The van der Waals surface area contributed by atoms with E-state index in [-0.39, 0.29) is 5.56 Å². The van der Waals surface area contributed by atoms with Crippen molar-refractivity contribution in [1.82, 2.24) is 0 Å². The zero-order valence-corrected chi connectivity index (χ0v) is 12.4. The summed E-state index contributed by atoms with van der Waals surface area (Å²) in [7, 11) is 1.30. The summed E-state index contributed by atoms with van der Waals surface area (Å²) in [5, 5.41) is 28.3. The maximum absolute atomic E-state index is 11.6. The van der Waals surface area contributed by atoms with Crippen LogP contribution in [0.5, 0.6) is 17.2 Å². The third kappa shape index (κ3) is 3.32. The number of methoxy groups -OCH3 is 1. The molecule has 2 aromatic carbocycles. The van der Waals surface area contributed by atoms with Crippen LogP contribution in [0.2, 0.25) is 0 Å². The van der Waals surface area contributed by atoms with E-state index in [2.05, 4.69) is 9.13 Å². The van der Waals surface area contributed by atoms with E-state index in [1.165, 1.54) is 25.5 Å². The van der Waals surface area contributed by atoms with Gasteiger partial charge in [0.1, 0.15) is 0 Å². The van der Waals surface area contributed by atoms with Gasteiger partial charge in [-0.05, 0) is 24.3 Å². The normalized spacial score (nSPS) is 10.8. The van der Waals surface area contributed by atoms with Crippen molar-refractivity contribution < 1.29 is 24.9 Å². The standard InChI is InChI=1S/C15H13NO5S/c1-21-15(20)10-4-2-3-5-12(10)22-16-8-9-6-7-11(17)14(19)13(9)18/h2-8,17-19H,1H3/b16-8+. The molecule has 114 valence electrons. The highest BCUT2D eigenvalue weighted by molar-refractivity contribution is 7.98. The van der Waals surface area contributed by atoms with Gasteiger partial charge in [0.15, 0.2) is 11.5 Å². The van der Waals surface area contributed by atoms with E-state index in [9.17, 15) is 20.1 Å². The van der Waals surface area contributed by atoms with Crippen molar-refractivity contribution in [2.45, 2.75) is 4.90 Å². The second kappa shape index (κ2) is 6.86. The van der Waals surface area contributed by atoms with Gasteiger partial charge in [-0.1, -0.05) is 12.1 Å². The van der Waals surface area contributed by atoms with E-state index in [0.29, 0.717) is 10.5 Å². The zero-order chi connectivity index (χ0) is 16.1. The number of esters is 1. The second-order valence-corrected chi connectivity index (χ2v) is 5.02. The van der Waals surface area contributed by atoms with Crippen molar-refractivity contribution >= 4 is 24.1 Å². The first-order valence-electron chi connectivity index (χ1n) is 6.16. The summed E-state index contributed by atoms with van der Waals surface area (Å²) in [6, 6.07) is 9.44. The van der Waals surface area contributed by atoms with Crippen LogP contribution in [0.25, 0.3) is 0 Å². The quantitative estimate of drug-likeness (QED) is 0.347. The average Bonchev–Trinajstić information content (AvgIpc) is 2.54. The van der Waals surface area contributed by atoms with Gasteiger partial charge in [0.05, 0.1) is 12.7 Å². The summed E-state index contributed by atoms with van der Waals surface area (Å²) in [6.45, 7) is 0. The molecule has 6 nitrogen and oxygen atoms in total. The van der Waals surface area contributed by atoms with Crippen molar-refractivity contribution in [2.75, 3.05) is 7.11 Å². The van der Waals surface area contributed by atoms with E-state index in [1.807, 2.05) is 0 Å². The van der Waals surface area contributed by atoms with Crippen LogP contribution in [0, 0.1) is 0 Å². The molecular formula is C15H13NO5S. The lowest BCUT2D eigenvalue weighted by molar-refractivity contribution is 0.0597. The largest absolute Gasteiger partial charge is 0.504 e. The van der Waals surface area contributed by atoms with Crippen molar-refractivity contribution in [3.63, 3.8) is 0 Å². The summed E-state index contributed by atoms with van der Waals surface area (Å²) in [5.41, 5.74) is 0.614. The van der Waals surface area contributed by atoms with Gasteiger partial charge in [0.25, 0.3) is 0 Å². The fraction of sp³-hybridized carbons (Fsp3) is 0.0667. The van der Waals surface area contributed by atoms with Crippen LogP contribution < -0.4 is 0 Å². The van der Waals surface area contributed by atoms with Crippen LogP contribution >= 0.6 is 11.9 Å². The Bertz CT molecular complexity index is 730. The molecular weight excluding hydrogens is 306 g/mol. The molecule has 0 heterocycles. The van der Waals surface area contributed by atoms with Crippen LogP contribution in [-0.4, -0.2) is 34.6 Å². The lowest BCUT2D eigenvalue weighted by Crippen LogP contribution is -2.02. The van der Waals surface area contributed by atoms with E-state index in [1.54, 1.807) is 24.3 Å². The van der Waals surface area contributed by atoms with Crippen LogP contribution in [0.3, 0.4) is 0 Å². The molecule has 0 amide bonds. The maximum Gasteiger partial charge on any atom is 0.339 e. The minimum Gasteiger partial charge on any atom is -0.504 e. The molecule has 0 saturated carbocycles. The Kier molecular flexibility index (Phi) is 4.90. The van der Waals surface area contributed by atoms with Crippen molar-refractivity contribution in [2.24, 2.45) is 4.40 Å². The number of ether oxygens (including phenoxy) is 1. The molecule has 2 aromatic rings. The minimum atomic E-state index is -0.607. The summed E-state index contributed by atoms with van der Waals surface area (Å²) >= 11 is 1.02. The van der Waals surface area contributed by atoms with Gasteiger partial charge >= 0.3 is 5.97 Å². The third-order valence-corrected chi connectivity index (χ3v) is 3.56. The van der Waals surface area contributed by atoms with Gasteiger partial charge in [-0.15, -0.1) is 0 Å². The SMILES string of the molecule is COC(=O)c1ccccc1S/N=C/c1ccc(O)c(O)c1O. The van der Waals surface area contributed by atoms with Crippen LogP contribution in [0.4, 0.5) is 0 Å². The first-order chi connectivity index (χ1) is 10.5. The number of hydrogen-bond donors (Lipinski definition) is 3.